The second kappa shape index (κ2) is 7.65. The van der Waals surface area contributed by atoms with E-state index in [9.17, 15) is 4.79 Å². The molecule has 1 amide bonds. The van der Waals surface area contributed by atoms with Gasteiger partial charge in [-0.2, -0.15) is 5.06 Å². The predicted octanol–water partition coefficient (Wildman–Crippen LogP) is 1.58. The second-order valence-electron chi connectivity index (χ2n) is 3.74. The van der Waals surface area contributed by atoms with Gasteiger partial charge in [0, 0.05) is 0 Å². The van der Waals surface area contributed by atoms with E-state index in [-0.39, 0.29) is 6.54 Å². The number of hydrogen-bond acceptors (Lipinski definition) is 3. The van der Waals surface area contributed by atoms with Crippen molar-refractivity contribution in [2.24, 2.45) is 0 Å². The molecule has 5 heteroatoms. The number of hydroxylamine groups is 2. The SMILES string of the molecule is O=C(O)N(O)CCCNCCc1ccccc1. The van der Waals surface area contributed by atoms with Crippen LogP contribution in [0.4, 0.5) is 4.79 Å². The van der Waals surface area contributed by atoms with Crippen molar-refractivity contribution in [1.29, 1.82) is 0 Å². The van der Waals surface area contributed by atoms with E-state index in [1.807, 2.05) is 18.2 Å². The molecule has 0 bridgehead atoms. The Bertz CT molecular complexity index is 330. The summed E-state index contributed by atoms with van der Waals surface area (Å²) >= 11 is 0. The molecule has 0 spiro atoms. The van der Waals surface area contributed by atoms with Gasteiger partial charge in [0.15, 0.2) is 0 Å². The van der Waals surface area contributed by atoms with Crippen LogP contribution in [0.5, 0.6) is 0 Å². The molecular weight excluding hydrogens is 220 g/mol. The number of nitrogens with zero attached hydrogens (tertiary/aromatic N) is 1. The lowest BCUT2D eigenvalue weighted by molar-refractivity contribution is -0.0640. The number of amides is 1. The molecule has 1 aromatic carbocycles. The maximum atomic E-state index is 10.3. The minimum atomic E-state index is -1.31. The van der Waals surface area contributed by atoms with Gasteiger partial charge in [-0.25, -0.2) is 4.79 Å². The lowest BCUT2D eigenvalue weighted by atomic mass is 10.1. The summed E-state index contributed by atoms with van der Waals surface area (Å²) in [4.78, 5) is 10.3. The largest absolute Gasteiger partial charge is 0.463 e. The van der Waals surface area contributed by atoms with Crippen molar-refractivity contribution in [3.8, 4) is 0 Å². The van der Waals surface area contributed by atoms with Crippen molar-refractivity contribution >= 4 is 6.09 Å². The minimum Gasteiger partial charge on any atom is -0.463 e. The van der Waals surface area contributed by atoms with Crippen LogP contribution in [0.15, 0.2) is 30.3 Å². The highest BCUT2D eigenvalue weighted by Gasteiger charge is 2.05. The maximum absolute atomic E-state index is 10.3. The van der Waals surface area contributed by atoms with Crippen LogP contribution >= 0.6 is 0 Å². The average Bonchev–Trinajstić information content (AvgIpc) is 2.34. The Balaban J connectivity index is 2.00. The highest BCUT2D eigenvalue weighted by atomic mass is 16.6. The standard InChI is InChI=1S/C12H18N2O3/c15-12(16)14(17)10-4-8-13-9-7-11-5-2-1-3-6-11/h1-3,5-6,13,17H,4,7-10H2,(H,15,16). The van der Waals surface area contributed by atoms with Crippen LogP contribution in [0.25, 0.3) is 0 Å². The van der Waals surface area contributed by atoms with E-state index in [2.05, 4.69) is 17.4 Å². The van der Waals surface area contributed by atoms with Gasteiger partial charge in [0.25, 0.3) is 0 Å². The quantitative estimate of drug-likeness (QED) is 0.383. The molecule has 1 rings (SSSR count). The lowest BCUT2D eigenvalue weighted by Crippen LogP contribution is -2.29. The molecule has 0 heterocycles. The molecule has 0 aliphatic carbocycles. The first-order valence-electron chi connectivity index (χ1n) is 5.64. The number of benzene rings is 1. The summed E-state index contributed by atoms with van der Waals surface area (Å²) in [5, 5.41) is 20.8. The van der Waals surface area contributed by atoms with E-state index in [1.54, 1.807) is 0 Å². The van der Waals surface area contributed by atoms with Crippen molar-refractivity contribution in [2.45, 2.75) is 12.8 Å². The Morgan fingerprint density at radius 1 is 1.24 bits per heavy atom. The van der Waals surface area contributed by atoms with Gasteiger partial charge in [-0.05, 0) is 31.5 Å². The maximum Gasteiger partial charge on any atom is 0.431 e. The zero-order chi connectivity index (χ0) is 12.5. The molecule has 3 N–H and O–H groups in total. The summed E-state index contributed by atoms with van der Waals surface area (Å²) in [6.07, 6.45) is 0.231. The van der Waals surface area contributed by atoms with E-state index in [1.165, 1.54) is 5.56 Å². The first-order chi connectivity index (χ1) is 8.20. The van der Waals surface area contributed by atoms with Crippen molar-refractivity contribution in [1.82, 2.24) is 10.4 Å². The van der Waals surface area contributed by atoms with Crippen LogP contribution in [0, 0.1) is 0 Å². The third-order valence-electron chi connectivity index (χ3n) is 2.38. The molecule has 0 fully saturated rings. The van der Waals surface area contributed by atoms with Crippen molar-refractivity contribution < 1.29 is 15.1 Å². The molecule has 94 valence electrons. The van der Waals surface area contributed by atoms with E-state index >= 15 is 0 Å². The fraction of sp³-hybridized carbons (Fsp3) is 0.417. The van der Waals surface area contributed by atoms with Crippen LogP contribution < -0.4 is 5.32 Å². The lowest BCUT2D eigenvalue weighted by Gasteiger charge is -2.10. The van der Waals surface area contributed by atoms with Gasteiger partial charge in [-0.3, -0.25) is 5.21 Å². The topological polar surface area (TPSA) is 72.8 Å². The fourth-order valence-corrected chi connectivity index (χ4v) is 1.45. The Labute approximate surface area is 101 Å². The summed E-state index contributed by atoms with van der Waals surface area (Å²) in [5.74, 6) is 0. The number of carboxylic acid groups (broad SMARTS) is 1. The van der Waals surface area contributed by atoms with E-state index < -0.39 is 6.09 Å². The van der Waals surface area contributed by atoms with Crippen molar-refractivity contribution in [3.05, 3.63) is 35.9 Å². The Morgan fingerprint density at radius 2 is 1.94 bits per heavy atom. The molecule has 0 aliphatic heterocycles. The van der Waals surface area contributed by atoms with Gasteiger partial charge in [-0.15, -0.1) is 0 Å². The third-order valence-corrected chi connectivity index (χ3v) is 2.38. The van der Waals surface area contributed by atoms with Crippen molar-refractivity contribution in [3.63, 3.8) is 0 Å². The van der Waals surface area contributed by atoms with E-state index in [0.29, 0.717) is 18.0 Å². The summed E-state index contributed by atoms with van der Waals surface area (Å²) in [5.41, 5.74) is 1.27. The number of hydrogen-bond donors (Lipinski definition) is 3. The second-order valence-corrected chi connectivity index (χ2v) is 3.74. The average molecular weight is 238 g/mol. The molecule has 17 heavy (non-hydrogen) atoms. The molecule has 0 aliphatic rings. The van der Waals surface area contributed by atoms with Crippen LogP contribution in [-0.2, 0) is 6.42 Å². The third kappa shape index (κ3) is 5.89. The first-order valence-corrected chi connectivity index (χ1v) is 5.64. The molecule has 0 unspecified atom stereocenters. The highest BCUT2D eigenvalue weighted by molar-refractivity contribution is 5.63. The highest BCUT2D eigenvalue weighted by Crippen LogP contribution is 1.98. The van der Waals surface area contributed by atoms with Crippen LogP contribution in [0.3, 0.4) is 0 Å². The normalized spacial score (nSPS) is 10.2. The molecule has 0 saturated heterocycles. The summed E-state index contributed by atoms with van der Waals surface area (Å²) in [7, 11) is 0. The van der Waals surface area contributed by atoms with E-state index in [4.69, 9.17) is 10.3 Å². The Morgan fingerprint density at radius 3 is 2.59 bits per heavy atom. The van der Waals surface area contributed by atoms with Gasteiger partial charge >= 0.3 is 6.09 Å². The van der Waals surface area contributed by atoms with Crippen LogP contribution in [0.1, 0.15) is 12.0 Å². The molecular formula is C12H18N2O3. The number of nitrogens with one attached hydrogen (secondary N) is 1. The first kappa shape index (κ1) is 13.5. The van der Waals surface area contributed by atoms with Crippen LogP contribution in [-0.4, -0.2) is 41.1 Å². The zero-order valence-corrected chi connectivity index (χ0v) is 9.67. The van der Waals surface area contributed by atoms with Gasteiger partial charge < -0.3 is 10.4 Å². The minimum absolute atomic E-state index is 0.133. The predicted molar refractivity (Wildman–Crippen MR) is 64.2 cm³/mol. The molecule has 0 atom stereocenters. The number of carbonyl (C=O) groups is 1. The van der Waals surface area contributed by atoms with Gasteiger partial charge in [0.1, 0.15) is 0 Å². The monoisotopic (exact) mass is 238 g/mol. The summed E-state index contributed by atoms with van der Waals surface area (Å²) in [6, 6.07) is 10.1. The summed E-state index contributed by atoms with van der Waals surface area (Å²) in [6.45, 7) is 1.67. The molecule has 0 saturated carbocycles. The Kier molecular flexibility index (Phi) is 6.06. The summed E-state index contributed by atoms with van der Waals surface area (Å²) < 4.78 is 0. The van der Waals surface area contributed by atoms with Gasteiger partial charge in [0.2, 0.25) is 0 Å². The zero-order valence-electron chi connectivity index (χ0n) is 9.67. The fourth-order valence-electron chi connectivity index (χ4n) is 1.45. The van der Waals surface area contributed by atoms with Gasteiger partial charge in [-0.1, -0.05) is 30.3 Å². The van der Waals surface area contributed by atoms with Crippen LogP contribution in [0.2, 0.25) is 0 Å². The molecule has 1 aromatic rings. The van der Waals surface area contributed by atoms with Gasteiger partial charge in [0.05, 0.1) is 6.54 Å². The smallest absolute Gasteiger partial charge is 0.431 e. The number of rotatable bonds is 7. The molecule has 0 radical (unpaired) electrons. The van der Waals surface area contributed by atoms with E-state index in [0.717, 1.165) is 13.0 Å². The molecule has 5 nitrogen and oxygen atoms in total. The molecule has 0 aromatic heterocycles. The Hall–Kier alpha value is -1.59. The van der Waals surface area contributed by atoms with Crippen molar-refractivity contribution in [2.75, 3.05) is 19.6 Å².